The van der Waals surface area contributed by atoms with Gasteiger partial charge in [-0.3, -0.25) is 5.41 Å². The first-order valence-corrected chi connectivity index (χ1v) is 6.22. The molecule has 2 rings (SSSR count). The maximum Gasteiger partial charge on any atom is 0.271 e. The van der Waals surface area contributed by atoms with Crippen LogP contribution in [0.25, 0.3) is 11.3 Å². The lowest BCUT2D eigenvalue weighted by Crippen LogP contribution is -1.90. The van der Waals surface area contributed by atoms with Crippen LogP contribution < -0.4 is 9.60 Å². The molecule has 0 spiro atoms. The summed E-state index contributed by atoms with van der Waals surface area (Å²) in [4.78, 5) is 1.13. The van der Waals surface area contributed by atoms with Crippen LogP contribution in [0, 0.1) is 19.3 Å². The van der Waals surface area contributed by atoms with Gasteiger partial charge in [0.2, 0.25) is 0 Å². The fraction of sp³-hybridized carbons (Fsp3) is 0.250. The normalized spacial score (nSPS) is 10.6. The molecule has 2 aromatic rings. The zero-order valence-corrected chi connectivity index (χ0v) is 11.3. The molecule has 1 N–H and O–H groups in total. The fourth-order valence-electron chi connectivity index (χ4n) is 1.67. The van der Waals surface area contributed by atoms with E-state index in [0.717, 1.165) is 21.8 Å². The largest absolute Gasteiger partial charge is 0.496 e. The zero-order valence-electron chi connectivity index (χ0n) is 9.76. The third kappa shape index (κ3) is 2.23. The van der Waals surface area contributed by atoms with Crippen molar-refractivity contribution in [1.82, 2.24) is 0 Å². The Morgan fingerprint density at radius 3 is 2.59 bits per heavy atom. The van der Waals surface area contributed by atoms with Crippen LogP contribution in [-0.4, -0.2) is 7.11 Å². The lowest BCUT2D eigenvalue weighted by atomic mass is 10.1. The Kier molecular flexibility index (Phi) is 3.26. The Labute approximate surface area is 108 Å². The SMILES string of the molecule is COc1cc(Cl)c(-c2oc(=N)sc2C)cc1C. The molecule has 1 aromatic heterocycles. The Balaban J connectivity index is 2.64. The van der Waals surface area contributed by atoms with E-state index in [4.69, 9.17) is 26.2 Å². The molecule has 0 unspecified atom stereocenters. The van der Waals surface area contributed by atoms with Crippen LogP contribution in [0.2, 0.25) is 5.02 Å². The average Bonchev–Trinajstić information content (AvgIpc) is 2.60. The number of hydrogen-bond acceptors (Lipinski definition) is 4. The summed E-state index contributed by atoms with van der Waals surface area (Å²) in [6.45, 7) is 3.86. The molecule has 0 aliphatic carbocycles. The summed E-state index contributed by atoms with van der Waals surface area (Å²) in [6.07, 6.45) is 0. The number of nitrogens with one attached hydrogen (secondary N) is 1. The predicted molar refractivity (Wildman–Crippen MR) is 68.9 cm³/mol. The Hall–Kier alpha value is -1.26. The molecule has 0 atom stereocenters. The number of hydrogen-bond donors (Lipinski definition) is 1. The van der Waals surface area contributed by atoms with Gasteiger partial charge in [-0.25, -0.2) is 0 Å². The second kappa shape index (κ2) is 4.55. The molecule has 0 saturated heterocycles. The smallest absolute Gasteiger partial charge is 0.271 e. The molecule has 0 amide bonds. The van der Waals surface area contributed by atoms with Gasteiger partial charge >= 0.3 is 0 Å². The average molecular weight is 270 g/mol. The van der Waals surface area contributed by atoms with Crippen molar-refractivity contribution in [2.24, 2.45) is 0 Å². The van der Waals surface area contributed by atoms with Gasteiger partial charge in [0.15, 0.2) is 5.76 Å². The number of rotatable bonds is 2. The lowest BCUT2D eigenvalue weighted by molar-refractivity contribution is 0.411. The van der Waals surface area contributed by atoms with Crippen molar-refractivity contribution in [3.8, 4) is 17.1 Å². The maximum atomic E-state index is 7.49. The van der Waals surface area contributed by atoms with E-state index in [0.29, 0.717) is 10.8 Å². The Morgan fingerprint density at radius 1 is 1.35 bits per heavy atom. The van der Waals surface area contributed by atoms with Gasteiger partial charge < -0.3 is 9.15 Å². The van der Waals surface area contributed by atoms with Crippen molar-refractivity contribution in [1.29, 1.82) is 5.41 Å². The lowest BCUT2D eigenvalue weighted by Gasteiger charge is -2.08. The molecular weight excluding hydrogens is 258 g/mol. The summed E-state index contributed by atoms with van der Waals surface area (Å²) in [5.74, 6) is 1.41. The number of benzene rings is 1. The summed E-state index contributed by atoms with van der Waals surface area (Å²) >= 11 is 7.50. The number of methoxy groups -OCH3 is 1. The van der Waals surface area contributed by atoms with Crippen molar-refractivity contribution in [3.63, 3.8) is 0 Å². The van der Waals surface area contributed by atoms with Crippen molar-refractivity contribution in [2.75, 3.05) is 7.11 Å². The van der Waals surface area contributed by atoms with Gasteiger partial charge in [-0.1, -0.05) is 22.9 Å². The minimum atomic E-state index is 0.182. The molecule has 5 heteroatoms. The molecule has 0 saturated carbocycles. The molecule has 0 aliphatic heterocycles. The fourth-order valence-corrected chi connectivity index (χ4v) is 2.56. The first-order valence-electron chi connectivity index (χ1n) is 5.02. The summed E-state index contributed by atoms with van der Waals surface area (Å²) < 4.78 is 10.6. The molecule has 0 radical (unpaired) electrons. The van der Waals surface area contributed by atoms with E-state index in [1.807, 2.05) is 19.9 Å². The highest BCUT2D eigenvalue weighted by Gasteiger charge is 2.14. The van der Waals surface area contributed by atoms with Gasteiger partial charge in [-0.15, -0.1) is 0 Å². The van der Waals surface area contributed by atoms with E-state index in [1.54, 1.807) is 13.2 Å². The zero-order chi connectivity index (χ0) is 12.6. The van der Waals surface area contributed by atoms with Gasteiger partial charge in [-0.05, 0) is 31.5 Å². The Bertz CT molecular complexity index is 615. The quantitative estimate of drug-likeness (QED) is 0.902. The standard InChI is InChI=1S/C12H12ClNO2S/c1-6-4-8(9(13)5-10(6)15-3)11-7(2)17-12(14)16-11/h4-5,14H,1-3H3. The van der Waals surface area contributed by atoms with Crippen LogP contribution in [0.1, 0.15) is 10.4 Å². The van der Waals surface area contributed by atoms with Crippen LogP contribution >= 0.6 is 22.9 Å². The van der Waals surface area contributed by atoms with Crippen LogP contribution in [0.15, 0.2) is 16.5 Å². The topological polar surface area (TPSA) is 46.2 Å². The number of halogens is 1. The van der Waals surface area contributed by atoms with Crippen molar-refractivity contribution < 1.29 is 9.15 Å². The van der Waals surface area contributed by atoms with Gasteiger partial charge in [0.1, 0.15) is 5.75 Å². The minimum absolute atomic E-state index is 0.182. The Morgan fingerprint density at radius 2 is 2.06 bits per heavy atom. The van der Waals surface area contributed by atoms with Crippen LogP contribution in [-0.2, 0) is 0 Å². The highest BCUT2D eigenvalue weighted by Crippen LogP contribution is 2.35. The van der Waals surface area contributed by atoms with E-state index in [2.05, 4.69) is 0 Å². The third-order valence-electron chi connectivity index (χ3n) is 2.49. The van der Waals surface area contributed by atoms with Crippen LogP contribution in [0.5, 0.6) is 5.75 Å². The summed E-state index contributed by atoms with van der Waals surface area (Å²) in [7, 11) is 1.61. The second-order valence-corrected chi connectivity index (χ2v) is 5.27. The molecule has 90 valence electrons. The van der Waals surface area contributed by atoms with E-state index in [9.17, 15) is 0 Å². The molecule has 17 heavy (non-hydrogen) atoms. The maximum absolute atomic E-state index is 7.49. The van der Waals surface area contributed by atoms with Crippen LogP contribution in [0.4, 0.5) is 0 Å². The van der Waals surface area contributed by atoms with Crippen molar-refractivity contribution in [3.05, 3.63) is 32.5 Å². The van der Waals surface area contributed by atoms with Crippen molar-refractivity contribution in [2.45, 2.75) is 13.8 Å². The third-order valence-corrected chi connectivity index (χ3v) is 3.56. The number of aryl methyl sites for hydroxylation is 2. The highest BCUT2D eigenvalue weighted by molar-refractivity contribution is 7.09. The molecule has 1 heterocycles. The monoisotopic (exact) mass is 269 g/mol. The highest BCUT2D eigenvalue weighted by atomic mass is 35.5. The molecular formula is C12H12ClNO2S. The summed E-state index contributed by atoms with van der Waals surface area (Å²) in [5.41, 5.74) is 1.79. The molecule has 1 aromatic carbocycles. The molecule has 0 bridgehead atoms. The predicted octanol–water partition coefficient (Wildman–Crippen LogP) is 3.77. The summed E-state index contributed by atoms with van der Waals surface area (Å²) in [5, 5.41) is 8.06. The summed E-state index contributed by atoms with van der Waals surface area (Å²) in [6, 6.07) is 3.68. The van der Waals surface area contributed by atoms with E-state index < -0.39 is 0 Å². The minimum Gasteiger partial charge on any atom is -0.496 e. The molecule has 0 fully saturated rings. The van der Waals surface area contributed by atoms with Gasteiger partial charge in [0.25, 0.3) is 4.87 Å². The first-order chi connectivity index (χ1) is 8.02. The van der Waals surface area contributed by atoms with Gasteiger partial charge in [0.05, 0.1) is 17.0 Å². The van der Waals surface area contributed by atoms with Crippen LogP contribution in [0.3, 0.4) is 0 Å². The van der Waals surface area contributed by atoms with Gasteiger partial charge in [-0.2, -0.15) is 0 Å². The van der Waals surface area contributed by atoms with Crippen molar-refractivity contribution >= 4 is 22.9 Å². The molecule has 3 nitrogen and oxygen atoms in total. The van der Waals surface area contributed by atoms with Gasteiger partial charge in [0, 0.05) is 5.56 Å². The second-order valence-electron chi connectivity index (χ2n) is 3.68. The number of ether oxygens (including phenoxy) is 1. The first kappa shape index (κ1) is 12.2. The molecule has 0 aliphatic rings. The van der Waals surface area contributed by atoms with E-state index in [-0.39, 0.29) is 4.87 Å². The van der Waals surface area contributed by atoms with E-state index >= 15 is 0 Å². The van der Waals surface area contributed by atoms with E-state index in [1.165, 1.54) is 11.3 Å².